The molecule has 1 amide bonds. The summed E-state index contributed by atoms with van der Waals surface area (Å²) in [4.78, 5) is 11.9. The van der Waals surface area contributed by atoms with Crippen molar-refractivity contribution in [1.82, 2.24) is 0 Å². The second kappa shape index (κ2) is 6.77. The average Bonchev–Trinajstić information content (AvgIpc) is 2.37. The van der Waals surface area contributed by atoms with Crippen LogP contribution in [0.3, 0.4) is 0 Å². The third-order valence-electron chi connectivity index (χ3n) is 2.74. The largest absolute Gasteiger partial charge is 0.376 e. The summed E-state index contributed by atoms with van der Waals surface area (Å²) in [7, 11) is 0. The molecular formula is C15H14BrClN2O. The molecule has 0 saturated heterocycles. The van der Waals surface area contributed by atoms with Crippen molar-refractivity contribution in [1.29, 1.82) is 0 Å². The Kier molecular flexibility index (Phi) is 5.04. The molecule has 2 N–H and O–H groups in total. The standard InChI is InChI=1S/C15H14BrClN2O/c1-10-7-12(17)5-6-14(10)18-9-15(20)19-13-4-2-3-11(16)8-13/h2-8,18H,9H2,1H3,(H,19,20). The predicted octanol–water partition coefficient (Wildman–Crippen LogP) is 4.46. The van der Waals surface area contributed by atoms with E-state index in [2.05, 4.69) is 26.6 Å². The summed E-state index contributed by atoms with van der Waals surface area (Å²) in [5.74, 6) is -0.0996. The van der Waals surface area contributed by atoms with E-state index >= 15 is 0 Å². The molecule has 0 bridgehead atoms. The molecule has 0 aliphatic rings. The summed E-state index contributed by atoms with van der Waals surface area (Å²) in [6.45, 7) is 2.15. The van der Waals surface area contributed by atoms with Gasteiger partial charge in [0.15, 0.2) is 0 Å². The number of carbonyl (C=O) groups excluding carboxylic acids is 1. The van der Waals surface area contributed by atoms with E-state index in [4.69, 9.17) is 11.6 Å². The van der Waals surface area contributed by atoms with Gasteiger partial charge in [0, 0.05) is 20.9 Å². The van der Waals surface area contributed by atoms with Crippen LogP contribution in [-0.4, -0.2) is 12.5 Å². The average molecular weight is 354 g/mol. The highest BCUT2D eigenvalue weighted by atomic mass is 79.9. The lowest BCUT2D eigenvalue weighted by Gasteiger charge is -2.10. The van der Waals surface area contributed by atoms with Crippen LogP contribution in [0.4, 0.5) is 11.4 Å². The van der Waals surface area contributed by atoms with Gasteiger partial charge in [-0.15, -0.1) is 0 Å². The normalized spacial score (nSPS) is 10.2. The van der Waals surface area contributed by atoms with Crippen molar-refractivity contribution < 1.29 is 4.79 Å². The van der Waals surface area contributed by atoms with Crippen molar-refractivity contribution in [2.24, 2.45) is 0 Å². The summed E-state index contributed by atoms with van der Waals surface area (Å²) in [5.41, 5.74) is 2.67. The van der Waals surface area contributed by atoms with Gasteiger partial charge in [-0.3, -0.25) is 4.79 Å². The summed E-state index contributed by atoms with van der Waals surface area (Å²) >= 11 is 9.25. The van der Waals surface area contributed by atoms with Crippen LogP contribution < -0.4 is 10.6 Å². The number of amides is 1. The quantitative estimate of drug-likeness (QED) is 0.852. The molecule has 0 spiro atoms. The maximum Gasteiger partial charge on any atom is 0.243 e. The molecule has 0 fully saturated rings. The van der Waals surface area contributed by atoms with Crippen molar-refractivity contribution in [3.8, 4) is 0 Å². The van der Waals surface area contributed by atoms with Crippen molar-refractivity contribution in [3.05, 3.63) is 57.5 Å². The molecule has 3 nitrogen and oxygen atoms in total. The van der Waals surface area contributed by atoms with Crippen LogP contribution in [-0.2, 0) is 4.79 Å². The van der Waals surface area contributed by atoms with Crippen LogP contribution in [0.15, 0.2) is 46.9 Å². The molecule has 0 aliphatic carbocycles. The number of nitrogens with one attached hydrogen (secondary N) is 2. The van der Waals surface area contributed by atoms with E-state index in [0.717, 1.165) is 21.4 Å². The second-order valence-corrected chi connectivity index (χ2v) is 5.72. The molecule has 0 saturated carbocycles. The number of halogens is 2. The molecule has 0 aliphatic heterocycles. The third kappa shape index (κ3) is 4.25. The molecule has 0 heterocycles. The van der Waals surface area contributed by atoms with Crippen LogP contribution in [0.5, 0.6) is 0 Å². The monoisotopic (exact) mass is 352 g/mol. The number of aryl methyl sites for hydroxylation is 1. The fourth-order valence-corrected chi connectivity index (χ4v) is 2.40. The zero-order valence-corrected chi connectivity index (χ0v) is 13.3. The Balaban J connectivity index is 1.92. The van der Waals surface area contributed by atoms with E-state index in [1.54, 1.807) is 6.07 Å². The second-order valence-electron chi connectivity index (χ2n) is 4.37. The highest BCUT2D eigenvalue weighted by molar-refractivity contribution is 9.10. The number of carbonyl (C=O) groups is 1. The Hall–Kier alpha value is -1.52. The molecule has 20 heavy (non-hydrogen) atoms. The SMILES string of the molecule is Cc1cc(Cl)ccc1NCC(=O)Nc1cccc(Br)c1. The first-order chi connectivity index (χ1) is 9.54. The number of rotatable bonds is 4. The fourth-order valence-electron chi connectivity index (χ4n) is 1.77. The number of anilines is 2. The molecule has 104 valence electrons. The lowest BCUT2D eigenvalue weighted by atomic mass is 10.2. The van der Waals surface area contributed by atoms with Gasteiger partial charge in [0.05, 0.1) is 6.54 Å². The highest BCUT2D eigenvalue weighted by Gasteiger charge is 2.04. The van der Waals surface area contributed by atoms with Crippen LogP contribution in [0.1, 0.15) is 5.56 Å². The van der Waals surface area contributed by atoms with Crippen LogP contribution in [0.2, 0.25) is 5.02 Å². The number of benzene rings is 2. The summed E-state index contributed by atoms with van der Waals surface area (Å²) in [6.07, 6.45) is 0. The maximum atomic E-state index is 11.9. The smallest absolute Gasteiger partial charge is 0.243 e. The van der Waals surface area contributed by atoms with Crippen molar-refractivity contribution >= 4 is 44.8 Å². The van der Waals surface area contributed by atoms with Crippen molar-refractivity contribution in [2.75, 3.05) is 17.2 Å². The van der Waals surface area contributed by atoms with Gasteiger partial charge in [0.2, 0.25) is 5.91 Å². The van der Waals surface area contributed by atoms with E-state index in [-0.39, 0.29) is 12.5 Å². The Bertz CT molecular complexity index is 631. The van der Waals surface area contributed by atoms with Gasteiger partial charge in [0.1, 0.15) is 0 Å². The lowest BCUT2D eigenvalue weighted by molar-refractivity contribution is -0.114. The topological polar surface area (TPSA) is 41.1 Å². The minimum Gasteiger partial charge on any atom is -0.376 e. The summed E-state index contributed by atoms with van der Waals surface area (Å²) in [6, 6.07) is 13.0. The maximum absolute atomic E-state index is 11.9. The Morgan fingerprint density at radius 1 is 1.25 bits per heavy atom. The van der Waals surface area contributed by atoms with Gasteiger partial charge in [-0.05, 0) is 48.9 Å². The molecule has 2 aromatic carbocycles. The third-order valence-corrected chi connectivity index (χ3v) is 3.46. The highest BCUT2D eigenvalue weighted by Crippen LogP contribution is 2.19. The Morgan fingerprint density at radius 3 is 2.75 bits per heavy atom. The Labute approximate surface area is 131 Å². The zero-order chi connectivity index (χ0) is 14.5. The molecular weight excluding hydrogens is 340 g/mol. The van der Waals surface area contributed by atoms with Crippen LogP contribution in [0, 0.1) is 6.92 Å². The fraction of sp³-hybridized carbons (Fsp3) is 0.133. The van der Waals surface area contributed by atoms with Gasteiger partial charge in [0.25, 0.3) is 0 Å². The number of hydrogen-bond acceptors (Lipinski definition) is 2. The van der Waals surface area contributed by atoms with Crippen molar-refractivity contribution in [2.45, 2.75) is 6.92 Å². The van der Waals surface area contributed by atoms with Gasteiger partial charge in [-0.25, -0.2) is 0 Å². The molecule has 0 radical (unpaired) electrons. The molecule has 0 atom stereocenters. The van der Waals surface area contributed by atoms with Gasteiger partial charge in [-0.2, -0.15) is 0 Å². The summed E-state index contributed by atoms with van der Waals surface area (Å²) in [5, 5.41) is 6.61. The van der Waals surface area contributed by atoms with Gasteiger partial charge >= 0.3 is 0 Å². The van der Waals surface area contributed by atoms with E-state index < -0.39 is 0 Å². The first kappa shape index (κ1) is 14.9. The van der Waals surface area contributed by atoms with Gasteiger partial charge < -0.3 is 10.6 Å². The van der Waals surface area contributed by atoms with E-state index in [1.807, 2.05) is 43.3 Å². The lowest BCUT2D eigenvalue weighted by Crippen LogP contribution is -2.22. The molecule has 5 heteroatoms. The minimum atomic E-state index is -0.0996. The molecule has 0 aromatic heterocycles. The first-order valence-corrected chi connectivity index (χ1v) is 7.27. The number of hydrogen-bond donors (Lipinski definition) is 2. The van der Waals surface area contributed by atoms with E-state index in [0.29, 0.717) is 5.02 Å². The van der Waals surface area contributed by atoms with Crippen LogP contribution in [0.25, 0.3) is 0 Å². The van der Waals surface area contributed by atoms with Crippen molar-refractivity contribution in [3.63, 3.8) is 0 Å². The van der Waals surface area contributed by atoms with Crippen LogP contribution >= 0.6 is 27.5 Å². The predicted molar refractivity (Wildman–Crippen MR) is 87.5 cm³/mol. The van der Waals surface area contributed by atoms with E-state index in [9.17, 15) is 4.79 Å². The molecule has 2 aromatic rings. The van der Waals surface area contributed by atoms with E-state index in [1.165, 1.54) is 0 Å². The van der Waals surface area contributed by atoms with Gasteiger partial charge in [-0.1, -0.05) is 33.6 Å². The first-order valence-electron chi connectivity index (χ1n) is 6.10. The molecule has 0 unspecified atom stereocenters. The minimum absolute atomic E-state index is 0.0996. The zero-order valence-electron chi connectivity index (χ0n) is 10.9. The summed E-state index contributed by atoms with van der Waals surface area (Å²) < 4.78 is 0.928. The Morgan fingerprint density at radius 2 is 2.05 bits per heavy atom. The molecule has 2 rings (SSSR count).